The van der Waals surface area contributed by atoms with Crippen LogP contribution in [0.25, 0.3) is 0 Å². The van der Waals surface area contributed by atoms with Gasteiger partial charge in [-0.1, -0.05) is 0 Å². The number of Topliss-reactive ketones (excluding diaryl/α,β-unsaturated/α-hetero) is 1. The topological polar surface area (TPSA) is 26.3 Å². The minimum atomic E-state index is -0.204. The van der Waals surface area contributed by atoms with E-state index in [0.29, 0.717) is 5.75 Å². The molecule has 0 aliphatic carbocycles. The van der Waals surface area contributed by atoms with Gasteiger partial charge in [0.15, 0.2) is 5.75 Å². The summed E-state index contributed by atoms with van der Waals surface area (Å²) < 4.78 is 5.71. The van der Waals surface area contributed by atoms with E-state index in [9.17, 15) is 4.79 Å². The van der Waals surface area contributed by atoms with Gasteiger partial charge >= 0.3 is 0 Å². The van der Waals surface area contributed by atoms with Crippen LogP contribution < -0.4 is 4.74 Å². The van der Waals surface area contributed by atoms with Gasteiger partial charge in [0, 0.05) is 5.56 Å². The summed E-state index contributed by atoms with van der Waals surface area (Å²) in [5.74, 6) is 1.64. The molecule has 0 saturated heterocycles. The minimum Gasteiger partial charge on any atom is -0.488 e. The molecule has 0 radical (unpaired) electrons. The molecule has 0 amide bonds. The molecular weight excluding hydrogens is 232 g/mol. The molecule has 0 bridgehead atoms. The second kappa shape index (κ2) is 5.58. The van der Waals surface area contributed by atoms with E-state index in [0.717, 1.165) is 11.3 Å². The molecule has 1 rings (SSSR count). The molecule has 0 saturated carbocycles. The van der Waals surface area contributed by atoms with Gasteiger partial charge in [0.1, 0.15) is 11.4 Å². The van der Waals surface area contributed by atoms with Crippen molar-refractivity contribution in [2.45, 2.75) is 26.4 Å². The van der Waals surface area contributed by atoms with Crippen LogP contribution in [0.15, 0.2) is 24.3 Å². The van der Waals surface area contributed by atoms with Crippen molar-refractivity contribution < 1.29 is 9.53 Å². The Bertz CT molecular complexity index is 374. The van der Waals surface area contributed by atoms with Crippen LogP contribution in [-0.2, 0) is 10.9 Å². The molecule has 0 fully saturated rings. The Morgan fingerprint density at radius 1 is 1.18 bits per heavy atom. The van der Waals surface area contributed by atoms with Gasteiger partial charge < -0.3 is 4.74 Å². The third-order valence-electron chi connectivity index (χ3n) is 2.02. The number of ketones is 1. The lowest BCUT2D eigenvalue weighted by Crippen LogP contribution is -2.23. The van der Waals surface area contributed by atoms with Gasteiger partial charge in [0.05, 0.1) is 12.5 Å². The lowest BCUT2D eigenvalue weighted by molar-refractivity contribution is 0.102. The molecule has 0 aliphatic heterocycles. The van der Waals surface area contributed by atoms with Crippen molar-refractivity contribution in [2.75, 3.05) is 18.3 Å². The van der Waals surface area contributed by atoms with Crippen molar-refractivity contribution in [2.24, 2.45) is 0 Å². The third kappa shape index (κ3) is 5.26. The summed E-state index contributed by atoms with van der Waals surface area (Å²) in [5, 5.41) is 0. The predicted molar refractivity (Wildman–Crippen MR) is 75.2 cm³/mol. The van der Waals surface area contributed by atoms with Crippen LogP contribution in [0, 0.1) is 0 Å². The minimum absolute atomic E-state index is 0.152. The number of carbonyl (C=O) groups excluding carboxylic acids is 1. The number of rotatable bonds is 4. The van der Waals surface area contributed by atoms with Crippen LogP contribution >= 0.6 is 0 Å². The molecule has 3 heteroatoms. The van der Waals surface area contributed by atoms with Crippen LogP contribution in [0.2, 0.25) is 0 Å². The highest BCUT2D eigenvalue weighted by Crippen LogP contribution is 2.18. The van der Waals surface area contributed by atoms with Crippen molar-refractivity contribution in [1.29, 1.82) is 0 Å². The van der Waals surface area contributed by atoms with E-state index in [4.69, 9.17) is 4.74 Å². The maximum atomic E-state index is 11.8. The molecule has 0 spiro atoms. The van der Waals surface area contributed by atoms with Gasteiger partial charge in [-0.3, -0.25) is 4.79 Å². The van der Waals surface area contributed by atoms with Gasteiger partial charge in [-0.2, -0.15) is 0 Å². The molecule has 17 heavy (non-hydrogen) atoms. The van der Waals surface area contributed by atoms with Crippen LogP contribution in [0.4, 0.5) is 0 Å². The number of carbonyl (C=O) groups is 1. The average Bonchev–Trinajstić information content (AvgIpc) is 2.15. The molecule has 0 atom stereocenters. The highest BCUT2D eigenvalue weighted by Gasteiger charge is 2.15. The summed E-state index contributed by atoms with van der Waals surface area (Å²) >= 11 is 0. The second-order valence-corrected chi connectivity index (χ2v) is 7.55. The van der Waals surface area contributed by atoms with Crippen LogP contribution in [0.5, 0.6) is 5.75 Å². The Kier molecular flexibility index (Phi) is 4.63. The Labute approximate surface area is 107 Å². The molecule has 0 aromatic heterocycles. The van der Waals surface area contributed by atoms with Gasteiger partial charge in [-0.25, -0.2) is 0 Å². The van der Waals surface area contributed by atoms with E-state index >= 15 is 0 Å². The van der Waals surface area contributed by atoms with E-state index in [1.165, 1.54) is 0 Å². The maximum absolute atomic E-state index is 11.8. The van der Waals surface area contributed by atoms with Crippen molar-refractivity contribution >= 4 is 16.7 Å². The zero-order valence-electron chi connectivity index (χ0n) is 11.2. The molecule has 94 valence electrons. The first-order valence-corrected chi connectivity index (χ1v) is 7.85. The van der Waals surface area contributed by atoms with Gasteiger partial charge in [0.25, 0.3) is 0 Å². The summed E-state index contributed by atoms with van der Waals surface area (Å²) in [6.45, 7) is 6.02. The monoisotopic (exact) mass is 253 g/mol. The second-order valence-electron chi connectivity index (χ2n) is 5.29. The smallest absolute Gasteiger partial charge is 0.211 e. The summed E-state index contributed by atoms with van der Waals surface area (Å²) in [6.07, 6.45) is 4.16. The van der Waals surface area contributed by atoms with Crippen molar-refractivity contribution in [1.82, 2.24) is 0 Å². The highest BCUT2D eigenvalue weighted by molar-refractivity contribution is 7.96. The van der Waals surface area contributed by atoms with Gasteiger partial charge in [0.2, 0.25) is 5.78 Å². The number of ether oxygens (including phenoxy) is 1. The van der Waals surface area contributed by atoms with E-state index in [1.807, 2.05) is 45.0 Å². The first kappa shape index (κ1) is 14.1. The van der Waals surface area contributed by atoms with Crippen molar-refractivity contribution in [3.63, 3.8) is 0 Å². The fraction of sp³-hybridized carbons (Fsp3) is 0.500. The lowest BCUT2D eigenvalue weighted by Gasteiger charge is -2.21. The Hall–Kier alpha value is -0.960. The lowest BCUT2D eigenvalue weighted by atomic mass is 10.1. The SMILES string of the molecule is C[S+](C)CC(=O)c1ccc(OC(C)(C)C)cc1. The van der Waals surface area contributed by atoms with E-state index in [-0.39, 0.29) is 22.3 Å². The highest BCUT2D eigenvalue weighted by atomic mass is 32.2. The molecule has 2 nitrogen and oxygen atoms in total. The predicted octanol–water partition coefficient (Wildman–Crippen LogP) is 2.92. The zero-order chi connectivity index (χ0) is 13.1. The van der Waals surface area contributed by atoms with Crippen molar-refractivity contribution in [3.05, 3.63) is 29.8 Å². The molecular formula is C14H21O2S+. The van der Waals surface area contributed by atoms with E-state index < -0.39 is 0 Å². The van der Waals surface area contributed by atoms with E-state index in [2.05, 4.69) is 12.5 Å². The summed E-state index contributed by atoms with van der Waals surface area (Å²) in [6, 6.07) is 7.41. The van der Waals surface area contributed by atoms with Crippen molar-refractivity contribution in [3.8, 4) is 5.75 Å². The number of hydrogen-bond acceptors (Lipinski definition) is 2. The Balaban J connectivity index is 2.71. The first-order chi connectivity index (χ1) is 7.78. The van der Waals surface area contributed by atoms with Crippen LogP contribution in [0.1, 0.15) is 31.1 Å². The summed E-state index contributed by atoms with van der Waals surface area (Å²) in [5.41, 5.74) is 0.567. The number of benzene rings is 1. The molecule has 1 aromatic carbocycles. The quantitative estimate of drug-likeness (QED) is 0.609. The molecule has 0 unspecified atom stereocenters. The number of hydrogen-bond donors (Lipinski definition) is 0. The molecule has 1 aromatic rings. The fourth-order valence-electron chi connectivity index (χ4n) is 1.41. The normalized spacial score (nSPS) is 11.6. The zero-order valence-corrected chi connectivity index (χ0v) is 12.1. The Morgan fingerprint density at radius 2 is 1.71 bits per heavy atom. The fourth-order valence-corrected chi connectivity index (χ4v) is 2.10. The standard InChI is InChI=1S/C14H21O2S/c1-14(2,3)16-12-8-6-11(7-9-12)13(15)10-17(4)5/h6-9H,10H2,1-5H3/q+1. The average molecular weight is 253 g/mol. The van der Waals surface area contributed by atoms with Crippen LogP contribution in [-0.4, -0.2) is 29.6 Å². The molecule has 0 N–H and O–H groups in total. The van der Waals surface area contributed by atoms with E-state index in [1.54, 1.807) is 0 Å². The molecule has 0 aliphatic rings. The summed E-state index contributed by atoms with van der Waals surface area (Å²) in [7, 11) is 0.152. The summed E-state index contributed by atoms with van der Waals surface area (Å²) in [4.78, 5) is 11.8. The van der Waals surface area contributed by atoms with Gasteiger partial charge in [-0.05, 0) is 55.9 Å². The first-order valence-electron chi connectivity index (χ1n) is 5.64. The maximum Gasteiger partial charge on any atom is 0.211 e. The largest absolute Gasteiger partial charge is 0.488 e. The third-order valence-corrected chi connectivity index (χ3v) is 2.86. The van der Waals surface area contributed by atoms with Crippen LogP contribution in [0.3, 0.4) is 0 Å². The Morgan fingerprint density at radius 3 is 2.12 bits per heavy atom. The van der Waals surface area contributed by atoms with Gasteiger partial charge in [-0.15, -0.1) is 0 Å². The molecule has 0 heterocycles.